The van der Waals surface area contributed by atoms with Gasteiger partial charge in [0.2, 0.25) is 0 Å². The molecule has 1 N–H and O–H groups in total. The zero-order valence-corrected chi connectivity index (χ0v) is 6.49. The minimum Gasteiger partial charge on any atom is -0.385 e. The second-order valence-electron chi connectivity index (χ2n) is 2.20. The highest BCUT2D eigenvalue weighted by atomic mass is 32.1. The Morgan fingerprint density at radius 2 is 2.50 bits per heavy atom. The van der Waals surface area contributed by atoms with Crippen LogP contribution in [-0.4, -0.2) is 11.8 Å². The van der Waals surface area contributed by atoms with Crippen LogP contribution in [0.4, 0.5) is 4.39 Å². The van der Waals surface area contributed by atoms with E-state index in [2.05, 4.69) is 0 Å². The van der Waals surface area contributed by atoms with Crippen molar-refractivity contribution in [2.75, 3.05) is 6.67 Å². The van der Waals surface area contributed by atoms with Crippen LogP contribution in [0, 0.1) is 6.92 Å². The van der Waals surface area contributed by atoms with Crippen LogP contribution in [0.25, 0.3) is 0 Å². The van der Waals surface area contributed by atoms with Gasteiger partial charge in [0, 0.05) is 4.88 Å². The Hall–Kier alpha value is -0.410. The van der Waals surface area contributed by atoms with Crippen molar-refractivity contribution in [2.45, 2.75) is 13.0 Å². The predicted octanol–water partition coefficient (Wildman–Crippen LogP) is 2.06. The van der Waals surface area contributed by atoms with E-state index in [1.807, 2.05) is 12.3 Å². The summed E-state index contributed by atoms with van der Waals surface area (Å²) in [6, 6.07) is 1.80. The molecule has 3 heteroatoms. The summed E-state index contributed by atoms with van der Waals surface area (Å²) in [4.78, 5) is 0.708. The summed E-state index contributed by atoms with van der Waals surface area (Å²) in [6.45, 7) is 1.23. The number of aliphatic hydroxyl groups excluding tert-OH is 1. The van der Waals surface area contributed by atoms with Crippen molar-refractivity contribution in [3.05, 3.63) is 21.9 Å². The van der Waals surface area contributed by atoms with E-state index in [-0.39, 0.29) is 0 Å². The Morgan fingerprint density at radius 3 is 2.90 bits per heavy atom. The van der Waals surface area contributed by atoms with Crippen molar-refractivity contribution in [1.29, 1.82) is 0 Å². The van der Waals surface area contributed by atoms with Crippen molar-refractivity contribution >= 4 is 11.3 Å². The maximum absolute atomic E-state index is 11.8. The first-order chi connectivity index (χ1) is 4.74. The van der Waals surface area contributed by atoms with Gasteiger partial charge in [0.15, 0.2) is 0 Å². The molecule has 1 heterocycles. The quantitative estimate of drug-likeness (QED) is 0.702. The first-order valence-electron chi connectivity index (χ1n) is 3.03. The Kier molecular flexibility index (Phi) is 2.40. The topological polar surface area (TPSA) is 20.2 Å². The number of thiophene rings is 1. The maximum Gasteiger partial charge on any atom is 0.120 e. The van der Waals surface area contributed by atoms with Crippen molar-refractivity contribution in [3.63, 3.8) is 0 Å². The average molecular weight is 160 g/mol. The molecule has 0 spiro atoms. The second-order valence-corrected chi connectivity index (χ2v) is 3.14. The van der Waals surface area contributed by atoms with E-state index in [0.717, 1.165) is 5.56 Å². The number of aryl methyl sites for hydroxylation is 1. The van der Waals surface area contributed by atoms with Gasteiger partial charge in [0.05, 0.1) is 0 Å². The SMILES string of the molecule is Cc1csc(C(O)CF)c1. The van der Waals surface area contributed by atoms with E-state index >= 15 is 0 Å². The standard InChI is InChI=1S/C7H9FOS/c1-5-2-7(10-4-5)6(9)3-8/h2,4,6,9H,3H2,1H3. The summed E-state index contributed by atoms with van der Waals surface area (Å²) in [6.07, 6.45) is -0.918. The number of hydrogen-bond acceptors (Lipinski definition) is 2. The van der Waals surface area contributed by atoms with Crippen molar-refractivity contribution in [1.82, 2.24) is 0 Å². The molecule has 1 aromatic heterocycles. The molecule has 1 nitrogen and oxygen atoms in total. The molecule has 0 aliphatic carbocycles. The van der Waals surface area contributed by atoms with Crippen LogP contribution >= 0.6 is 11.3 Å². The lowest BCUT2D eigenvalue weighted by Gasteiger charge is -1.99. The molecule has 0 radical (unpaired) electrons. The molecular weight excluding hydrogens is 151 g/mol. The number of alkyl halides is 1. The van der Waals surface area contributed by atoms with Crippen LogP contribution in [0.3, 0.4) is 0 Å². The van der Waals surface area contributed by atoms with Crippen LogP contribution in [0.15, 0.2) is 11.4 Å². The number of rotatable bonds is 2. The van der Waals surface area contributed by atoms with Crippen molar-refractivity contribution in [3.8, 4) is 0 Å². The van der Waals surface area contributed by atoms with E-state index < -0.39 is 12.8 Å². The zero-order chi connectivity index (χ0) is 7.56. The normalized spacial score (nSPS) is 13.5. The first kappa shape index (κ1) is 7.69. The fourth-order valence-electron chi connectivity index (χ4n) is 0.704. The lowest BCUT2D eigenvalue weighted by atomic mass is 10.3. The second kappa shape index (κ2) is 3.12. The largest absolute Gasteiger partial charge is 0.385 e. The predicted molar refractivity (Wildman–Crippen MR) is 40.0 cm³/mol. The highest BCUT2D eigenvalue weighted by molar-refractivity contribution is 7.10. The summed E-state index contributed by atoms with van der Waals surface area (Å²) in [5.41, 5.74) is 1.08. The van der Waals surface area contributed by atoms with Crippen LogP contribution in [0.2, 0.25) is 0 Å². The Balaban J connectivity index is 2.74. The molecular formula is C7H9FOS. The minimum atomic E-state index is -0.918. The molecule has 1 unspecified atom stereocenters. The molecule has 1 atom stereocenters. The average Bonchev–Trinajstić information content (AvgIpc) is 2.34. The molecule has 1 aromatic rings. The third-order valence-corrected chi connectivity index (χ3v) is 2.38. The van der Waals surface area contributed by atoms with Gasteiger partial charge in [-0.25, -0.2) is 4.39 Å². The van der Waals surface area contributed by atoms with E-state index in [1.54, 1.807) is 6.07 Å². The van der Waals surface area contributed by atoms with Crippen molar-refractivity contribution < 1.29 is 9.50 Å². The van der Waals surface area contributed by atoms with Gasteiger partial charge >= 0.3 is 0 Å². The summed E-state index contributed by atoms with van der Waals surface area (Å²) in [5, 5.41) is 10.9. The molecule has 0 aromatic carbocycles. The molecule has 0 aliphatic rings. The molecule has 0 aliphatic heterocycles. The third kappa shape index (κ3) is 1.55. The summed E-state index contributed by atoms with van der Waals surface area (Å²) in [7, 11) is 0. The Morgan fingerprint density at radius 1 is 1.80 bits per heavy atom. The van der Waals surface area contributed by atoms with E-state index in [1.165, 1.54) is 11.3 Å². The molecule has 0 saturated carbocycles. The van der Waals surface area contributed by atoms with Gasteiger partial charge in [-0.3, -0.25) is 0 Å². The van der Waals surface area contributed by atoms with Gasteiger partial charge in [-0.2, -0.15) is 0 Å². The Bertz CT molecular complexity index is 209. The molecule has 0 fully saturated rings. The van der Waals surface area contributed by atoms with Crippen LogP contribution < -0.4 is 0 Å². The fourth-order valence-corrected chi connectivity index (χ4v) is 1.57. The van der Waals surface area contributed by atoms with Gasteiger partial charge in [-0.1, -0.05) is 0 Å². The fraction of sp³-hybridized carbons (Fsp3) is 0.429. The van der Waals surface area contributed by atoms with Gasteiger partial charge < -0.3 is 5.11 Å². The molecule has 0 amide bonds. The highest BCUT2D eigenvalue weighted by Crippen LogP contribution is 2.21. The van der Waals surface area contributed by atoms with Crippen molar-refractivity contribution in [2.24, 2.45) is 0 Å². The van der Waals surface area contributed by atoms with Gasteiger partial charge in [0.25, 0.3) is 0 Å². The van der Waals surface area contributed by atoms with Crippen LogP contribution in [0.1, 0.15) is 16.5 Å². The molecule has 0 saturated heterocycles. The van der Waals surface area contributed by atoms with E-state index in [4.69, 9.17) is 5.11 Å². The summed E-state index contributed by atoms with van der Waals surface area (Å²) >= 11 is 1.39. The molecule has 1 rings (SSSR count). The Labute approximate surface area is 63.1 Å². The van der Waals surface area contributed by atoms with Gasteiger partial charge in [-0.05, 0) is 23.9 Å². The summed E-state index contributed by atoms with van der Waals surface area (Å²) < 4.78 is 11.8. The van der Waals surface area contributed by atoms with Gasteiger partial charge in [0.1, 0.15) is 12.8 Å². The molecule has 0 bridgehead atoms. The van der Waals surface area contributed by atoms with E-state index in [0.29, 0.717) is 4.88 Å². The molecule has 10 heavy (non-hydrogen) atoms. The lowest BCUT2D eigenvalue weighted by Crippen LogP contribution is -1.94. The zero-order valence-electron chi connectivity index (χ0n) is 5.67. The minimum absolute atomic E-state index is 0.694. The maximum atomic E-state index is 11.8. The third-order valence-electron chi connectivity index (χ3n) is 1.23. The van der Waals surface area contributed by atoms with E-state index in [9.17, 15) is 4.39 Å². The molecule has 56 valence electrons. The first-order valence-corrected chi connectivity index (χ1v) is 3.91. The number of halogens is 1. The monoisotopic (exact) mass is 160 g/mol. The highest BCUT2D eigenvalue weighted by Gasteiger charge is 2.07. The van der Waals surface area contributed by atoms with Crippen LogP contribution in [-0.2, 0) is 0 Å². The number of aliphatic hydroxyl groups is 1. The summed E-state index contributed by atoms with van der Waals surface area (Å²) in [5.74, 6) is 0. The van der Waals surface area contributed by atoms with Gasteiger partial charge in [-0.15, -0.1) is 11.3 Å². The smallest absolute Gasteiger partial charge is 0.120 e. The van der Waals surface area contributed by atoms with Crippen LogP contribution in [0.5, 0.6) is 0 Å². The lowest BCUT2D eigenvalue weighted by molar-refractivity contribution is 0.145. The number of hydrogen-bond donors (Lipinski definition) is 1.